The fraction of sp³-hybridized carbons (Fsp3) is 0.944. The molecule has 0 aromatic carbocycles. The molecular formula is C36H72O4S2Sn. The van der Waals surface area contributed by atoms with Gasteiger partial charge in [-0.05, 0) is 25.7 Å². The third kappa shape index (κ3) is 32.2. The summed E-state index contributed by atoms with van der Waals surface area (Å²) in [5, 5.41) is 19.5. The van der Waals surface area contributed by atoms with Crippen molar-refractivity contribution in [1.82, 2.24) is 0 Å². The molecule has 0 aromatic rings. The zero-order chi connectivity index (χ0) is 33.2. The molecule has 0 bridgehead atoms. The molecule has 0 aliphatic rings. The Balaban J connectivity index is -0.000000586. The zero-order valence-electron chi connectivity index (χ0n) is 29.4. The van der Waals surface area contributed by atoms with Gasteiger partial charge in [-0.1, -0.05) is 130 Å². The predicted octanol–water partition coefficient (Wildman–Crippen LogP) is 10.6. The molecule has 0 fully saturated rings. The van der Waals surface area contributed by atoms with E-state index in [1.807, 2.05) is 0 Å². The summed E-state index contributed by atoms with van der Waals surface area (Å²) in [6, 6.07) is 0. The van der Waals surface area contributed by atoms with Gasteiger partial charge >= 0.3 is 69.5 Å². The molecule has 0 rings (SSSR count). The van der Waals surface area contributed by atoms with Crippen LogP contribution in [0.4, 0.5) is 0 Å². The van der Waals surface area contributed by atoms with Crippen LogP contribution in [0.2, 0.25) is 8.87 Å². The van der Waals surface area contributed by atoms with E-state index in [2.05, 4.69) is 66.8 Å². The second kappa shape index (κ2) is 35.4. The van der Waals surface area contributed by atoms with Crippen molar-refractivity contribution in [2.45, 2.75) is 216 Å². The first kappa shape index (κ1) is 47.9. The van der Waals surface area contributed by atoms with Gasteiger partial charge in [0.2, 0.25) is 0 Å². The number of carbonyl (C=O) groups is 2. The first-order valence-electron chi connectivity index (χ1n) is 18.1. The molecule has 0 unspecified atom stereocenters. The molecule has 0 radical (unpaired) electrons. The number of rotatable bonds is 28. The van der Waals surface area contributed by atoms with E-state index in [1.165, 1.54) is 25.7 Å². The average Bonchev–Trinajstić information content (AvgIpc) is 2.98. The number of hydrogen-bond acceptors (Lipinski definition) is 6. The van der Waals surface area contributed by atoms with Gasteiger partial charge in [0.1, 0.15) is 11.2 Å². The fourth-order valence-corrected chi connectivity index (χ4v) is 9.33. The van der Waals surface area contributed by atoms with Crippen LogP contribution >= 0.6 is 0 Å². The molecule has 0 saturated heterocycles. The topological polar surface area (TPSA) is 74.6 Å². The van der Waals surface area contributed by atoms with E-state index in [4.69, 9.17) is 0 Å². The van der Waals surface area contributed by atoms with E-state index in [1.54, 1.807) is 8.87 Å². The molecule has 0 saturated carbocycles. The van der Waals surface area contributed by atoms with E-state index in [0.717, 1.165) is 103 Å². The molecule has 7 heteroatoms. The summed E-state index contributed by atoms with van der Waals surface area (Å²) in [6.45, 7) is 13.2. The Morgan fingerprint density at radius 1 is 0.442 bits per heavy atom. The third-order valence-corrected chi connectivity index (χ3v) is 12.7. The Bertz CT molecular complexity index is 530. The second-order valence-electron chi connectivity index (χ2n) is 12.3. The quantitative estimate of drug-likeness (QED) is 0.0471. The van der Waals surface area contributed by atoms with Crippen molar-refractivity contribution in [2.24, 2.45) is 0 Å². The summed E-state index contributed by atoms with van der Waals surface area (Å²) in [5.74, 6) is 0. The van der Waals surface area contributed by atoms with Crippen molar-refractivity contribution in [1.29, 1.82) is 0 Å². The van der Waals surface area contributed by atoms with Gasteiger partial charge in [-0.15, -0.1) is 0 Å². The maximum absolute atomic E-state index is 11.4. The minimum absolute atomic E-state index is 0.149. The zero-order valence-corrected chi connectivity index (χ0v) is 33.9. The van der Waals surface area contributed by atoms with Crippen molar-refractivity contribution in [3.05, 3.63) is 0 Å². The Labute approximate surface area is 290 Å². The maximum atomic E-state index is 11.4. The van der Waals surface area contributed by atoms with Crippen LogP contribution in [0.25, 0.3) is 0 Å². The van der Waals surface area contributed by atoms with Gasteiger partial charge in [-0.3, -0.25) is 0 Å². The Morgan fingerprint density at radius 3 is 0.860 bits per heavy atom. The van der Waals surface area contributed by atoms with Crippen LogP contribution < -0.4 is 0 Å². The Kier molecular flexibility index (Phi) is 39.4. The van der Waals surface area contributed by atoms with Crippen molar-refractivity contribution >= 4 is 56.6 Å². The van der Waals surface area contributed by atoms with Crippen LogP contribution in [0.3, 0.4) is 0 Å². The molecule has 0 atom stereocenters. The van der Waals surface area contributed by atoms with Gasteiger partial charge in [0.05, 0.1) is 0 Å². The summed E-state index contributed by atoms with van der Waals surface area (Å²) in [5.41, 5.74) is -2.45. The van der Waals surface area contributed by atoms with Crippen molar-refractivity contribution in [2.75, 3.05) is 0 Å². The van der Waals surface area contributed by atoms with Crippen molar-refractivity contribution < 1.29 is 19.8 Å². The van der Waals surface area contributed by atoms with Gasteiger partial charge < -0.3 is 45.1 Å². The van der Waals surface area contributed by atoms with Crippen LogP contribution in [0, 0.1) is 0 Å². The number of aliphatic hydroxyl groups is 2. The van der Waals surface area contributed by atoms with E-state index < -0.39 is 21.4 Å². The standard InChI is InChI=1S/2C14H28O2S.2C4H9.Sn/c2*1-3-5-7-9-11-14(16,13(15)17)12-10-8-6-4-2;2*1-3-4-2;/h2*16H,3-12H2,1-2H3,(H,15,17);2*1,3-4H2,2H3;/q;;;;+2/p-2. The Morgan fingerprint density at radius 2 is 0.674 bits per heavy atom. The first-order chi connectivity index (χ1) is 20.5. The molecule has 0 spiro atoms. The summed E-state index contributed by atoms with van der Waals surface area (Å²) in [7, 11) is 0. The Hall–Kier alpha value is 0.499. The molecule has 256 valence electrons. The van der Waals surface area contributed by atoms with Crippen molar-refractivity contribution in [3.8, 4) is 0 Å². The van der Waals surface area contributed by atoms with Gasteiger partial charge in [-0.25, -0.2) is 0 Å². The van der Waals surface area contributed by atoms with Crippen molar-refractivity contribution in [3.63, 3.8) is 0 Å². The molecule has 0 amide bonds. The summed E-state index contributed by atoms with van der Waals surface area (Å²) < 4.78 is 3.25. The number of hydrogen-bond donors (Lipinski definition) is 2. The fourth-order valence-electron chi connectivity index (χ4n) is 4.76. The molecule has 2 N–H and O–H groups in total. The minimum atomic E-state index is -1.23. The van der Waals surface area contributed by atoms with E-state index in [9.17, 15) is 19.8 Å². The van der Waals surface area contributed by atoms with Crippen LogP contribution in [0.15, 0.2) is 0 Å². The SMILES string of the molecule is CCCCCCC(O)(CCCCCC)C(=O)[S-].CCCCCCC(O)(CCCCCC)C(=O)[S-].CCC[CH2][Sn+2][CH2]CCC. The summed E-state index contributed by atoms with van der Waals surface area (Å²) in [6.07, 6.45) is 25.3. The molecule has 0 aliphatic heterocycles. The monoisotopic (exact) mass is 752 g/mol. The second-order valence-corrected chi connectivity index (χ2v) is 17.4. The van der Waals surface area contributed by atoms with Gasteiger partial charge in [-0.2, -0.15) is 0 Å². The van der Waals surface area contributed by atoms with Crippen LogP contribution in [-0.4, -0.2) is 52.8 Å². The van der Waals surface area contributed by atoms with Gasteiger partial charge in [0.25, 0.3) is 0 Å². The van der Waals surface area contributed by atoms with Crippen LogP contribution in [-0.2, 0) is 34.8 Å². The van der Waals surface area contributed by atoms with Crippen LogP contribution in [0.1, 0.15) is 196 Å². The summed E-state index contributed by atoms with van der Waals surface area (Å²) >= 11 is 9.51. The van der Waals surface area contributed by atoms with E-state index >= 15 is 0 Å². The molecule has 0 aromatic heterocycles. The molecular weight excluding hydrogens is 679 g/mol. The van der Waals surface area contributed by atoms with Gasteiger partial charge in [0.15, 0.2) is 0 Å². The molecule has 0 heterocycles. The predicted molar refractivity (Wildman–Crippen MR) is 195 cm³/mol. The average molecular weight is 752 g/mol. The normalized spacial score (nSPS) is 11.2. The molecule has 0 aliphatic carbocycles. The first-order valence-corrected chi connectivity index (χ1v) is 23.0. The number of carbonyl (C=O) groups excluding carboxylic acids is 2. The molecule has 4 nitrogen and oxygen atoms in total. The van der Waals surface area contributed by atoms with E-state index in [0.29, 0.717) is 25.7 Å². The van der Waals surface area contributed by atoms with E-state index in [-0.39, 0.29) is 21.1 Å². The van der Waals surface area contributed by atoms with Gasteiger partial charge in [0, 0.05) is 10.2 Å². The summed E-state index contributed by atoms with van der Waals surface area (Å²) in [4.78, 5) is 22.7. The molecule has 43 heavy (non-hydrogen) atoms. The van der Waals surface area contributed by atoms with Crippen LogP contribution in [0.5, 0.6) is 0 Å². The number of unbranched alkanes of at least 4 members (excludes halogenated alkanes) is 14. The third-order valence-electron chi connectivity index (χ3n) is 7.95.